The van der Waals surface area contributed by atoms with Gasteiger partial charge >= 0.3 is 21.7 Å². The van der Waals surface area contributed by atoms with E-state index in [2.05, 4.69) is 9.28 Å². The topological polar surface area (TPSA) is 90.7 Å². The van der Waals surface area contributed by atoms with Crippen molar-refractivity contribution in [2.75, 3.05) is 13.1 Å². The van der Waals surface area contributed by atoms with E-state index in [4.69, 9.17) is 4.74 Å². The lowest BCUT2D eigenvalue weighted by atomic mass is 10.1. The van der Waals surface area contributed by atoms with Crippen molar-refractivity contribution >= 4 is 16.2 Å². The monoisotopic (exact) mass is 427 g/mol. The number of aromatic nitrogens is 2. The summed E-state index contributed by atoms with van der Waals surface area (Å²) in [6.45, 7) is 8.82. The van der Waals surface area contributed by atoms with Gasteiger partial charge in [0.15, 0.2) is 0 Å². The van der Waals surface area contributed by atoms with Crippen LogP contribution in [0.5, 0.6) is 5.88 Å². The van der Waals surface area contributed by atoms with E-state index < -0.39 is 39.2 Å². The molecule has 0 spiro atoms. The first-order valence-electron chi connectivity index (χ1n) is 8.71. The Labute approximate surface area is 161 Å². The van der Waals surface area contributed by atoms with Gasteiger partial charge in [-0.2, -0.15) is 26.7 Å². The van der Waals surface area contributed by atoms with Gasteiger partial charge in [0, 0.05) is 25.1 Å². The molecular formula is C16H24F3N3O5S. The van der Waals surface area contributed by atoms with Crippen molar-refractivity contribution in [3.63, 3.8) is 0 Å². The first kappa shape index (κ1) is 22.3. The van der Waals surface area contributed by atoms with Crippen LogP contribution in [0.4, 0.5) is 18.0 Å². The number of halogens is 3. The molecule has 0 saturated heterocycles. The Bertz CT molecular complexity index is 841. The minimum absolute atomic E-state index is 0.0873. The molecular weight excluding hydrogens is 403 g/mol. The number of hydrogen-bond donors (Lipinski definition) is 0. The highest BCUT2D eigenvalue weighted by atomic mass is 32.2. The van der Waals surface area contributed by atoms with Crippen LogP contribution in [-0.2, 0) is 27.7 Å². The van der Waals surface area contributed by atoms with Crippen LogP contribution in [0.2, 0.25) is 0 Å². The fourth-order valence-corrected chi connectivity index (χ4v) is 3.13. The van der Waals surface area contributed by atoms with Crippen molar-refractivity contribution in [1.29, 1.82) is 0 Å². The van der Waals surface area contributed by atoms with Crippen molar-refractivity contribution in [1.82, 2.24) is 14.7 Å². The van der Waals surface area contributed by atoms with Gasteiger partial charge in [0.2, 0.25) is 5.88 Å². The lowest BCUT2D eigenvalue weighted by molar-refractivity contribution is -0.0503. The zero-order valence-corrected chi connectivity index (χ0v) is 17.1. The SMILES string of the molecule is CC(C)n1nc2c(c1OS(=O)(=O)C(F)(F)F)CCN(C(=O)OC(C)(C)C)CC2. The molecule has 160 valence electrons. The van der Waals surface area contributed by atoms with Gasteiger partial charge in [0.1, 0.15) is 5.60 Å². The van der Waals surface area contributed by atoms with Gasteiger partial charge in [-0.3, -0.25) is 0 Å². The maximum atomic E-state index is 12.8. The molecule has 0 N–H and O–H groups in total. The fourth-order valence-electron chi connectivity index (χ4n) is 2.65. The highest BCUT2D eigenvalue weighted by molar-refractivity contribution is 7.87. The zero-order valence-electron chi connectivity index (χ0n) is 16.3. The van der Waals surface area contributed by atoms with Crippen LogP contribution in [-0.4, -0.2) is 53.4 Å². The standard InChI is InChI=1S/C16H24F3N3O5S/c1-10(2)22-13(27-28(24,25)16(17,18)19)11-6-8-21(9-7-12(11)20-22)14(23)26-15(3,4)5/h10H,6-9H2,1-5H3. The minimum atomic E-state index is -5.84. The van der Waals surface area contributed by atoms with Crippen molar-refractivity contribution in [3.8, 4) is 5.88 Å². The Hall–Kier alpha value is -1.98. The molecule has 1 amide bonds. The molecule has 1 aliphatic heterocycles. The van der Waals surface area contributed by atoms with Crippen molar-refractivity contribution < 1.29 is 35.3 Å². The summed E-state index contributed by atoms with van der Waals surface area (Å²) < 4.78 is 72.3. The summed E-state index contributed by atoms with van der Waals surface area (Å²) in [7, 11) is -5.84. The van der Waals surface area contributed by atoms with E-state index in [-0.39, 0.29) is 31.5 Å². The summed E-state index contributed by atoms with van der Waals surface area (Å²) >= 11 is 0. The van der Waals surface area contributed by atoms with Gasteiger partial charge in [0.25, 0.3) is 0 Å². The molecule has 1 aliphatic rings. The molecule has 0 unspecified atom stereocenters. The molecule has 2 heterocycles. The third kappa shape index (κ3) is 4.89. The number of hydrogen-bond acceptors (Lipinski definition) is 6. The molecule has 8 nitrogen and oxygen atoms in total. The third-order valence-corrected chi connectivity index (χ3v) is 4.85. The molecule has 2 rings (SSSR count). The van der Waals surface area contributed by atoms with Gasteiger partial charge in [-0.15, -0.1) is 0 Å². The summed E-state index contributed by atoms with van der Waals surface area (Å²) in [4.78, 5) is 13.7. The van der Waals surface area contributed by atoms with E-state index >= 15 is 0 Å². The lowest BCUT2D eigenvalue weighted by Crippen LogP contribution is -2.38. The first-order valence-corrected chi connectivity index (χ1v) is 10.1. The van der Waals surface area contributed by atoms with Crippen LogP contribution in [0.1, 0.15) is 51.9 Å². The molecule has 1 aromatic heterocycles. The average Bonchev–Trinajstić information content (AvgIpc) is 2.69. The van der Waals surface area contributed by atoms with Crippen LogP contribution in [0.25, 0.3) is 0 Å². The smallest absolute Gasteiger partial charge is 0.444 e. The van der Waals surface area contributed by atoms with Crippen LogP contribution in [0.3, 0.4) is 0 Å². The zero-order chi connectivity index (χ0) is 21.5. The Kier molecular flexibility index (Phi) is 5.94. The van der Waals surface area contributed by atoms with Crippen molar-refractivity contribution in [2.24, 2.45) is 0 Å². The number of carbonyl (C=O) groups is 1. The molecule has 0 bridgehead atoms. The second kappa shape index (κ2) is 7.45. The maximum Gasteiger partial charge on any atom is 0.534 e. The summed E-state index contributed by atoms with van der Waals surface area (Å²) in [6.07, 6.45) is -0.236. The average molecular weight is 427 g/mol. The molecule has 12 heteroatoms. The highest BCUT2D eigenvalue weighted by Crippen LogP contribution is 2.34. The third-order valence-electron chi connectivity index (χ3n) is 3.91. The van der Waals surface area contributed by atoms with Crippen LogP contribution in [0, 0.1) is 0 Å². The number of amides is 1. The lowest BCUT2D eigenvalue weighted by Gasteiger charge is -2.26. The van der Waals surface area contributed by atoms with E-state index in [0.717, 1.165) is 4.68 Å². The van der Waals surface area contributed by atoms with Crippen LogP contribution < -0.4 is 4.18 Å². The largest absolute Gasteiger partial charge is 0.534 e. The molecule has 0 saturated carbocycles. The molecule has 0 atom stereocenters. The molecule has 28 heavy (non-hydrogen) atoms. The molecule has 0 aromatic carbocycles. The normalized spacial score (nSPS) is 16.0. The molecule has 1 aromatic rings. The Balaban J connectivity index is 2.33. The molecule has 0 aliphatic carbocycles. The van der Waals surface area contributed by atoms with Gasteiger partial charge < -0.3 is 13.8 Å². The number of fused-ring (bicyclic) bond motifs is 1. The number of alkyl halides is 3. The Morgan fingerprint density at radius 2 is 1.71 bits per heavy atom. The number of nitrogens with zero attached hydrogens (tertiary/aromatic N) is 3. The predicted molar refractivity (Wildman–Crippen MR) is 93.4 cm³/mol. The predicted octanol–water partition coefficient (Wildman–Crippen LogP) is 3.03. The summed E-state index contributed by atoms with van der Waals surface area (Å²) in [5, 5.41) is 4.23. The van der Waals surface area contributed by atoms with Gasteiger partial charge in [0.05, 0.1) is 11.7 Å². The van der Waals surface area contributed by atoms with Crippen LogP contribution >= 0.6 is 0 Å². The highest BCUT2D eigenvalue weighted by Gasteiger charge is 2.49. The summed E-state index contributed by atoms with van der Waals surface area (Å²) in [6, 6.07) is -0.424. The fraction of sp³-hybridized carbons (Fsp3) is 0.750. The Morgan fingerprint density at radius 3 is 2.21 bits per heavy atom. The quantitative estimate of drug-likeness (QED) is 0.544. The van der Waals surface area contributed by atoms with Gasteiger partial charge in [-0.25, -0.2) is 9.48 Å². The summed E-state index contributed by atoms with van der Waals surface area (Å²) in [5.74, 6) is -0.464. The second-order valence-corrected chi connectivity index (χ2v) is 9.26. The maximum absolute atomic E-state index is 12.8. The van der Waals surface area contributed by atoms with E-state index in [1.165, 1.54) is 4.90 Å². The van der Waals surface area contributed by atoms with Gasteiger partial charge in [-0.1, -0.05) is 0 Å². The van der Waals surface area contributed by atoms with E-state index in [1.807, 2.05) is 0 Å². The minimum Gasteiger partial charge on any atom is -0.444 e. The first-order chi connectivity index (χ1) is 12.6. The van der Waals surface area contributed by atoms with E-state index in [0.29, 0.717) is 5.69 Å². The number of rotatable bonds is 3. The number of ether oxygens (including phenoxy) is 1. The van der Waals surface area contributed by atoms with Crippen LogP contribution in [0.15, 0.2) is 0 Å². The van der Waals surface area contributed by atoms with Gasteiger partial charge in [-0.05, 0) is 41.0 Å². The molecule has 0 radical (unpaired) electrons. The summed E-state index contributed by atoms with van der Waals surface area (Å²) in [5.41, 5.74) is -5.61. The van der Waals surface area contributed by atoms with E-state index in [1.54, 1.807) is 34.6 Å². The Morgan fingerprint density at radius 1 is 1.14 bits per heavy atom. The second-order valence-electron chi connectivity index (χ2n) is 7.72. The van der Waals surface area contributed by atoms with E-state index in [9.17, 15) is 26.4 Å². The number of carbonyl (C=O) groups excluding carboxylic acids is 1. The van der Waals surface area contributed by atoms with Crippen molar-refractivity contribution in [3.05, 3.63) is 11.3 Å². The molecule has 0 fully saturated rings. The van der Waals surface area contributed by atoms with Crippen molar-refractivity contribution in [2.45, 2.75) is 64.6 Å².